The lowest BCUT2D eigenvalue weighted by Crippen LogP contribution is -1.98. The molecule has 9 rings (SSSR count). The van der Waals surface area contributed by atoms with Gasteiger partial charge < -0.3 is 0 Å². The highest BCUT2D eigenvalue weighted by Crippen LogP contribution is 2.35. The van der Waals surface area contributed by atoms with Crippen LogP contribution in [0, 0.1) is 0 Å². The van der Waals surface area contributed by atoms with Crippen LogP contribution in [0.2, 0.25) is 0 Å². The van der Waals surface area contributed by atoms with E-state index in [9.17, 15) is 0 Å². The van der Waals surface area contributed by atoms with E-state index in [4.69, 9.17) is 15.0 Å². The first kappa shape index (κ1) is 24.5. The number of hydrogen-bond acceptors (Lipinski definition) is 3. The molecule has 5 nitrogen and oxygen atoms in total. The number of benzene rings is 5. The second kappa shape index (κ2) is 9.75. The highest BCUT2D eigenvalue weighted by Gasteiger charge is 2.17. The van der Waals surface area contributed by atoms with E-state index in [1.807, 2.05) is 36.5 Å². The number of nitrogens with zero attached hydrogens (tertiary/aromatic N) is 5. The summed E-state index contributed by atoms with van der Waals surface area (Å²) in [6.07, 6.45) is 2.03. The molecule has 0 N–H and O–H groups in total. The number of imidazole rings is 2. The molecule has 0 aliphatic carbocycles. The molecule has 0 unspecified atom stereocenters. The van der Waals surface area contributed by atoms with Crippen LogP contribution in [-0.2, 0) is 0 Å². The zero-order chi connectivity index (χ0) is 29.0. The predicted octanol–water partition coefficient (Wildman–Crippen LogP) is 9.38. The van der Waals surface area contributed by atoms with Crippen molar-refractivity contribution in [3.63, 3.8) is 0 Å². The summed E-state index contributed by atoms with van der Waals surface area (Å²) < 4.78 is 4.32. The molecule has 9 aromatic rings. The van der Waals surface area contributed by atoms with Gasteiger partial charge in [-0.25, -0.2) is 15.0 Å². The predicted molar refractivity (Wildman–Crippen MR) is 179 cm³/mol. The van der Waals surface area contributed by atoms with Crippen LogP contribution in [0.3, 0.4) is 0 Å². The minimum absolute atomic E-state index is 0.863. The Morgan fingerprint density at radius 1 is 0.477 bits per heavy atom. The summed E-state index contributed by atoms with van der Waals surface area (Å²) in [5.74, 6) is 0.926. The fraction of sp³-hybridized carbons (Fsp3) is 0. The van der Waals surface area contributed by atoms with Crippen LogP contribution in [0.1, 0.15) is 0 Å². The Bertz CT molecular complexity index is 2510. The summed E-state index contributed by atoms with van der Waals surface area (Å²) >= 11 is 0. The van der Waals surface area contributed by atoms with Crippen LogP contribution >= 0.6 is 0 Å². The quantitative estimate of drug-likeness (QED) is 0.214. The van der Waals surface area contributed by atoms with E-state index >= 15 is 0 Å². The van der Waals surface area contributed by atoms with Gasteiger partial charge >= 0.3 is 0 Å². The normalized spacial score (nSPS) is 11.6. The van der Waals surface area contributed by atoms with E-state index in [1.54, 1.807) is 0 Å². The molecule has 0 amide bonds. The summed E-state index contributed by atoms with van der Waals surface area (Å²) in [5, 5.41) is 2.19. The first-order valence-electron chi connectivity index (χ1n) is 14.7. The molecule has 0 fully saturated rings. The summed E-state index contributed by atoms with van der Waals surface area (Å²) in [5.41, 5.74) is 11.1. The van der Waals surface area contributed by atoms with Gasteiger partial charge in [-0.3, -0.25) is 8.97 Å². The van der Waals surface area contributed by atoms with Gasteiger partial charge in [-0.15, -0.1) is 0 Å². The zero-order valence-corrected chi connectivity index (χ0v) is 23.7. The largest absolute Gasteiger partial charge is 0.292 e. The highest BCUT2D eigenvalue weighted by molar-refractivity contribution is 6.09. The molecule has 4 heterocycles. The molecule has 206 valence electrons. The maximum absolute atomic E-state index is 5.22. The zero-order valence-electron chi connectivity index (χ0n) is 23.7. The summed E-state index contributed by atoms with van der Waals surface area (Å²) in [6, 6.07) is 50.6. The van der Waals surface area contributed by atoms with Crippen LogP contribution < -0.4 is 0 Å². The van der Waals surface area contributed by atoms with Crippen LogP contribution in [0.5, 0.6) is 0 Å². The van der Waals surface area contributed by atoms with Gasteiger partial charge in [0, 0.05) is 33.8 Å². The Morgan fingerprint density at radius 3 is 2.09 bits per heavy atom. The SMILES string of the molecule is c1ccc(-c2nc3ccccc3n2-c2cccc(-c3cccc(-c4nc5c(nc6ccccn65)c5ccccc45)c3)c2)cc1. The van der Waals surface area contributed by atoms with Crippen LogP contribution in [0.4, 0.5) is 0 Å². The molecule has 5 heteroatoms. The average Bonchev–Trinajstić information content (AvgIpc) is 3.68. The summed E-state index contributed by atoms with van der Waals surface area (Å²) in [7, 11) is 0. The smallest absolute Gasteiger partial charge is 0.165 e. The van der Waals surface area contributed by atoms with Crippen molar-refractivity contribution in [2.24, 2.45) is 0 Å². The maximum Gasteiger partial charge on any atom is 0.165 e. The lowest BCUT2D eigenvalue weighted by atomic mass is 9.98. The van der Waals surface area contributed by atoms with Gasteiger partial charge in [-0.2, -0.15) is 0 Å². The number of fused-ring (bicyclic) bond motifs is 6. The van der Waals surface area contributed by atoms with Gasteiger partial charge in [0.05, 0.1) is 16.7 Å². The topological polar surface area (TPSA) is 48.0 Å². The molecule has 0 aliphatic heterocycles. The van der Waals surface area contributed by atoms with Crippen LogP contribution in [0.25, 0.3) is 78.1 Å². The molecular formula is C39H25N5. The number of pyridine rings is 2. The van der Waals surface area contributed by atoms with Gasteiger partial charge in [-0.1, -0.05) is 103 Å². The van der Waals surface area contributed by atoms with Crippen molar-refractivity contribution in [3.05, 3.63) is 152 Å². The molecule has 0 radical (unpaired) electrons. The van der Waals surface area contributed by atoms with Crippen molar-refractivity contribution in [2.75, 3.05) is 0 Å². The Hall–Kier alpha value is -6.07. The van der Waals surface area contributed by atoms with E-state index in [2.05, 4.69) is 124 Å². The minimum Gasteiger partial charge on any atom is -0.292 e. The second-order valence-corrected chi connectivity index (χ2v) is 11.0. The van der Waals surface area contributed by atoms with E-state index in [1.165, 1.54) is 0 Å². The monoisotopic (exact) mass is 563 g/mol. The number of para-hydroxylation sites is 2. The average molecular weight is 564 g/mol. The Labute approximate surface area is 253 Å². The van der Waals surface area contributed by atoms with E-state index in [0.717, 1.165) is 78.1 Å². The standard InChI is InChI=1S/C39H25N5/c1-2-12-26(13-3-1)38-40-33-20-6-7-21-34(33)44(38)30-17-11-15-28(25-30)27-14-10-16-29(24-27)36-31-18-4-5-19-32(31)37-39(42-36)43-23-9-8-22-35(43)41-37/h1-25H. The van der Waals surface area contributed by atoms with Crippen LogP contribution in [0.15, 0.2) is 152 Å². The van der Waals surface area contributed by atoms with Gasteiger partial charge in [0.1, 0.15) is 17.0 Å². The van der Waals surface area contributed by atoms with Gasteiger partial charge in [0.25, 0.3) is 0 Å². The molecule has 0 bridgehead atoms. The third-order valence-corrected chi connectivity index (χ3v) is 8.33. The third-order valence-electron chi connectivity index (χ3n) is 8.33. The van der Waals surface area contributed by atoms with Gasteiger partial charge in [-0.05, 0) is 53.6 Å². The van der Waals surface area contributed by atoms with Gasteiger partial charge in [0.15, 0.2) is 5.65 Å². The van der Waals surface area contributed by atoms with Crippen LogP contribution in [-0.4, -0.2) is 23.9 Å². The molecule has 44 heavy (non-hydrogen) atoms. The second-order valence-electron chi connectivity index (χ2n) is 11.0. The van der Waals surface area contributed by atoms with E-state index in [-0.39, 0.29) is 0 Å². The van der Waals surface area contributed by atoms with Gasteiger partial charge in [0.2, 0.25) is 0 Å². The van der Waals surface area contributed by atoms with Crippen molar-refractivity contribution >= 4 is 38.6 Å². The summed E-state index contributed by atoms with van der Waals surface area (Å²) in [4.78, 5) is 15.2. The minimum atomic E-state index is 0.863. The molecule has 0 spiro atoms. The molecule has 0 saturated carbocycles. The fourth-order valence-electron chi connectivity index (χ4n) is 6.29. The fourth-order valence-corrected chi connectivity index (χ4v) is 6.29. The first-order chi connectivity index (χ1) is 21.8. The molecule has 0 saturated heterocycles. The first-order valence-corrected chi connectivity index (χ1v) is 14.7. The lowest BCUT2D eigenvalue weighted by molar-refractivity contribution is 1.10. The van der Waals surface area contributed by atoms with Crippen molar-refractivity contribution < 1.29 is 0 Å². The maximum atomic E-state index is 5.22. The Kier molecular flexibility index (Phi) is 5.43. The Balaban J connectivity index is 1.21. The van der Waals surface area contributed by atoms with E-state index < -0.39 is 0 Å². The molecule has 0 atom stereocenters. The van der Waals surface area contributed by atoms with Crippen molar-refractivity contribution in [3.8, 4) is 39.5 Å². The summed E-state index contributed by atoms with van der Waals surface area (Å²) in [6.45, 7) is 0. The Morgan fingerprint density at radius 2 is 1.18 bits per heavy atom. The van der Waals surface area contributed by atoms with Crippen molar-refractivity contribution in [1.29, 1.82) is 0 Å². The molecular weight excluding hydrogens is 538 g/mol. The third kappa shape index (κ3) is 3.83. The number of hydrogen-bond donors (Lipinski definition) is 0. The number of aromatic nitrogens is 5. The highest BCUT2D eigenvalue weighted by atomic mass is 15.1. The lowest BCUT2D eigenvalue weighted by Gasteiger charge is -2.13. The number of rotatable bonds is 4. The molecule has 5 aromatic carbocycles. The molecule has 4 aromatic heterocycles. The van der Waals surface area contributed by atoms with Crippen molar-refractivity contribution in [2.45, 2.75) is 0 Å². The molecule has 0 aliphatic rings. The van der Waals surface area contributed by atoms with E-state index in [0.29, 0.717) is 0 Å². The van der Waals surface area contributed by atoms with Crippen molar-refractivity contribution in [1.82, 2.24) is 23.9 Å².